The zero-order valence-corrected chi connectivity index (χ0v) is 12.2. The van der Waals surface area contributed by atoms with Crippen molar-refractivity contribution in [2.75, 3.05) is 5.73 Å². The van der Waals surface area contributed by atoms with Gasteiger partial charge in [-0.1, -0.05) is 45.0 Å². The van der Waals surface area contributed by atoms with Crippen LogP contribution in [-0.2, 0) is 0 Å². The van der Waals surface area contributed by atoms with Crippen molar-refractivity contribution in [3.05, 3.63) is 35.8 Å². The topological polar surface area (TPSA) is 52.0 Å². The van der Waals surface area contributed by atoms with Crippen molar-refractivity contribution in [2.45, 2.75) is 33.6 Å². The lowest BCUT2D eigenvalue weighted by Crippen LogP contribution is -1.95. The minimum absolute atomic E-state index is 0.133. The molecule has 1 fully saturated rings. The third-order valence-electron chi connectivity index (χ3n) is 5.16. The highest BCUT2D eigenvalue weighted by atomic mass is 19.1. The highest BCUT2D eigenvalue weighted by Gasteiger charge is 2.67. The van der Waals surface area contributed by atoms with Crippen LogP contribution in [0.5, 0.6) is 0 Å². The van der Waals surface area contributed by atoms with E-state index < -0.39 is 0 Å². The Bertz CT molecular complexity index is 642. The van der Waals surface area contributed by atoms with Gasteiger partial charge in [-0.05, 0) is 28.5 Å². The second-order valence-electron chi connectivity index (χ2n) is 6.69. The van der Waals surface area contributed by atoms with E-state index in [1.54, 1.807) is 12.1 Å². The van der Waals surface area contributed by atoms with Gasteiger partial charge in [0.05, 0.1) is 5.56 Å². The number of hydrogen-bond donors (Lipinski definition) is 1. The molecule has 1 aromatic carbocycles. The molecule has 1 aromatic heterocycles. The van der Waals surface area contributed by atoms with Crippen molar-refractivity contribution in [1.29, 1.82) is 0 Å². The summed E-state index contributed by atoms with van der Waals surface area (Å²) in [5, 5.41) is 3.92. The summed E-state index contributed by atoms with van der Waals surface area (Å²) in [6.07, 6.45) is 0. The van der Waals surface area contributed by atoms with E-state index in [0.29, 0.717) is 5.82 Å². The van der Waals surface area contributed by atoms with Crippen LogP contribution in [0.4, 0.5) is 10.2 Å². The van der Waals surface area contributed by atoms with Crippen LogP contribution in [0.1, 0.15) is 39.4 Å². The third kappa shape index (κ3) is 1.60. The van der Waals surface area contributed by atoms with Crippen molar-refractivity contribution in [3.63, 3.8) is 0 Å². The Morgan fingerprint density at radius 3 is 2.15 bits per heavy atom. The Balaban J connectivity index is 2.10. The predicted octanol–water partition coefficient (Wildman–Crippen LogP) is 4.21. The highest BCUT2D eigenvalue weighted by molar-refractivity contribution is 5.76. The number of nitrogens with zero attached hydrogens (tertiary/aromatic N) is 1. The number of nitrogens with two attached hydrogens (primary N) is 1. The van der Waals surface area contributed by atoms with E-state index in [-0.39, 0.29) is 22.6 Å². The van der Waals surface area contributed by atoms with Crippen LogP contribution in [0.3, 0.4) is 0 Å². The molecule has 3 nitrogen and oxygen atoms in total. The zero-order chi connectivity index (χ0) is 14.7. The third-order valence-corrected chi connectivity index (χ3v) is 5.16. The molecule has 1 aliphatic carbocycles. The van der Waals surface area contributed by atoms with Gasteiger partial charge in [0.2, 0.25) is 0 Å². The summed E-state index contributed by atoms with van der Waals surface area (Å²) >= 11 is 0. The first kappa shape index (κ1) is 13.2. The molecular formula is C16H19FN2O. The van der Waals surface area contributed by atoms with Gasteiger partial charge in [0.25, 0.3) is 0 Å². The van der Waals surface area contributed by atoms with Crippen LogP contribution in [0.25, 0.3) is 11.1 Å². The predicted molar refractivity (Wildman–Crippen MR) is 76.6 cm³/mol. The molecular weight excluding hydrogens is 255 g/mol. The fraction of sp³-hybridized carbons (Fsp3) is 0.438. The van der Waals surface area contributed by atoms with Gasteiger partial charge in [-0.15, -0.1) is 0 Å². The molecule has 1 heterocycles. The first-order valence-corrected chi connectivity index (χ1v) is 6.78. The van der Waals surface area contributed by atoms with Crippen molar-refractivity contribution >= 4 is 5.82 Å². The van der Waals surface area contributed by atoms with E-state index in [1.807, 2.05) is 0 Å². The Labute approximate surface area is 118 Å². The number of nitrogen functional groups attached to an aromatic ring is 1. The summed E-state index contributed by atoms with van der Waals surface area (Å²) in [6, 6.07) is 6.28. The number of aromatic nitrogens is 1. The smallest absolute Gasteiger partial charge is 0.175 e. The van der Waals surface area contributed by atoms with Gasteiger partial charge in [0, 0.05) is 5.92 Å². The standard InChI is InChI=1S/C16H19FN2O/c1-15(2)13(16(15,3)4)12-11(14(18)19-20-12)9-5-7-10(17)8-6-9/h5-8,13H,1-4H3,(H2,18,19). The van der Waals surface area contributed by atoms with Gasteiger partial charge in [0.1, 0.15) is 5.82 Å². The number of halogens is 1. The van der Waals surface area contributed by atoms with Crippen molar-refractivity contribution in [1.82, 2.24) is 5.16 Å². The van der Waals surface area contributed by atoms with E-state index in [9.17, 15) is 4.39 Å². The van der Waals surface area contributed by atoms with Crippen LogP contribution in [0.15, 0.2) is 28.8 Å². The second kappa shape index (κ2) is 3.84. The second-order valence-corrected chi connectivity index (χ2v) is 6.69. The molecule has 0 saturated heterocycles. The summed E-state index contributed by atoms with van der Waals surface area (Å²) < 4.78 is 18.6. The summed E-state index contributed by atoms with van der Waals surface area (Å²) in [7, 11) is 0. The zero-order valence-electron chi connectivity index (χ0n) is 12.2. The monoisotopic (exact) mass is 274 g/mol. The molecule has 0 radical (unpaired) electrons. The lowest BCUT2D eigenvalue weighted by molar-refractivity contribution is 0.374. The van der Waals surface area contributed by atoms with E-state index in [2.05, 4.69) is 32.9 Å². The van der Waals surface area contributed by atoms with E-state index in [0.717, 1.165) is 16.9 Å². The number of benzene rings is 1. The molecule has 0 amide bonds. The summed E-state index contributed by atoms with van der Waals surface area (Å²) in [4.78, 5) is 0. The van der Waals surface area contributed by atoms with E-state index in [4.69, 9.17) is 10.3 Å². The average molecular weight is 274 g/mol. The van der Waals surface area contributed by atoms with Gasteiger partial charge in [-0.3, -0.25) is 0 Å². The van der Waals surface area contributed by atoms with E-state index >= 15 is 0 Å². The molecule has 0 atom stereocenters. The van der Waals surface area contributed by atoms with Crippen molar-refractivity contribution in [3.8, 4) is 11.1 Å². The van der Waals surface area contributed by atoms with Gasteiger partial charge < -0.3 is 10.3 Å². The molecule has 3 rings (SSSR count). The molecule has 1 aliphatic rings. The maximum Gasteiger partial charge on any atom is 0.175 e. The van der Waals surface area contributed by atoms with Crippen molar-refractivity contribution < 1.29 is 8.91 Å². The molecule has 0 aliphatic heterocycles. The minimum Gasteiger partial charge on any atom is -0.380 e. The maximum absolute atomic E-state index is 13.1. The summed E-state index contributed by atoms with van der Waals surface area (Å²) in [6.45, 7) is 8.85. The van der Waals surface area contributed by atoms with Crippen LogP contribution >= 0.6 is 0 Å². The van der Waals surface area contributed by atoms with Crippen molar-refractivity contribution in [2.24, 2.45) is 10.8 Å². The Hall–Kier alpha value is -1.84. The van der Waals surface area contributed by atoms with Gasteiger partial charge in [-0.25, -0.2) is 4.39 Å². The largest absolute Gasteiger partial charge is 0.380 e. The van der Waals surface area contributed by atoms with Crippen LogP contribution in [-0.4, -0.2) is 5.16 Å². The Morgan fingerprint density at radius 2 is 1.65 bits per heavy atom. The molecule has 0 unspecified atom stereocenters. The van der Waals surface area contributed by atoms with Crippen LogP contribution in [0.2, 0.25) is 0 Å². The molecule has 0 spiro atoms. The van der Waals surface area contributed by atoms with Gasteiger partial charge >= 0.3 is 0 Å². The molecule has 2 N–H and O–H groups in total. The molecule has 4 heteroatoms. The fourth-order valence-corrected chi connectivity index (χ4v) is 3.27. The molecule has 20 heavy (non-hydrogen) atoms. The average Bonchev–Trinajstić information content (AvgIpc) is 2.65. The lowest BCUT2D eigenvalue weighted by atomic mass is 10.0. The fourth-order valence-electron chi connectivity index (χ4n) is 3.27. The normalized spacial score (nSPS) is 20.1. The van der Waals surface area contributed by atoms with Crippen LogP contribution in [0, 0.1) is 16.6 Å². The Kier molecular flexibility index (Phi) is 2.53. The lowest BCUT2D eigenvalue weighted by Gasteiger charge is -2.04. The SMILES string of the molecule is CC1(C)C(c2onc(N)c2-c2ccc(F)cc2)C1(C)C. The molecule has 1 saturated carbocycles. The highest BCUT2D eigenvalue weighted by Crippen LogP contribution is 2.74. The number of hydrogen-bond acceptors (Lipinski definition) is 3. The molecule has 2 aromatic rings. The summed E-state index contributed by atoms with van der Waals surface area (Å²) in [5.41, 5.74) is 7.87. The van der Waals surface area contributed by atoms with Crippen LogP contribution < -0.4 is 5.73 Å². The minimum atomic E-state index is -0.266. The summed E-state index contributed by atoms with van der Waals surface area (Å²) in [5.74, 6) is 1.17. The number of rotatable bonds is 2. The van der Waals surface area contributed by atoms with Gasteiger partial charge in [-0.2, -0.15) is 0 Å². The maximum atomic E-state index is 13.1. The number of anilines is 1. The first-order valence-electron chi connectivity index (χ1n) is 6.78. The first-order chi connectivity index (χ1) is 9.26. The van der Waals surface area contributed by atoms with Gasteiger partial charge in [0.15, 0.2) is 11.6 Å². The quantitative estimate of drug-likeness (QED) is 0.892. The Morgan fingerprint density at radius 1 is 1.10 bits per heavy atom. The molecule has 106 valence electrons. The van der Waals surface area contributed by atoms with E-state index in [1.165, 1.54) is 12.1 Å². The molecule has 0 bridgehead atoms.